The lowest BCUT2D eigenvalue weighted by atomic mass is 10.7. The summed E-state index contributed by atoms with van der Waals surface area (Å²) < 4.78 is 8.43. The summed E-state index contributed by atoms with van der Waals surface area (Å²) in [5.74, 6) is -1.57. The van der Waals surface area contributed by atoms with Gasteiger partial charge < -0.3 is 14.3 Å². The smallest absolute Gasteiger partial charge is 0.441 e. The van der Waals surface area contributed by atoms with Gasteiger partial charge in [-0.25, -0.2) is 14.4 Å². The van der Waals surface area contributed by atoms with Crippen LogP contribution in [0.4, 0.5) is 4.79 Å². The molecule has 0 aromatic heterocycles. The van der Waals surface area contributed by atoms with Crippen LogP contribution in [0.15, 0.2) is 12.7 Å². The number of hydrogen-bond acceptors (Lipinski definition) is 6. The zero-order valence-electron chi connectivity index (χ0n) is 7.44. The van der Waals surface area contributed by atoms with Gasteiger partial charge in [-0.15, -0.1) is 5.48 Å². The summed E-state index contributed by atoms with van der Waals surface area (Å²) >= 11 is 0. The van der Waals surface area contributed by atoms with E-state index < -0.39 is 24.6 Å². The van der Waals surface area contributed by atoms with Crippen LogP contribution in [0, 0.1) is 0 Å². The number of hydrogen-bond donors (Lipinski definition) is 1. The van der Waals surface area contributed by atoms with Crippen LogP contribution in [0.3, 0.4) is 0 Å². The standard InChI is InChI=1S/C7H9NO6/c1-3-5(9)14-8-7(11)13-4-6(10)12-2/h3H,1,4H2,2H3,(H,8,11). The molecule has 0 rings (SSSR count). The topological polar surface area (TPSA) is 90.9 Å². The van der Waals surface area contributed by atoms with E-state index in [0.29, 0.717) is 0 Å². The Morgan fingerprint density at radius 2 is 2.07 bits per heavy atom. The van der Waals surface area contributed by atoms with Crippen molar-refractivity contribution in [3.63, 3.8) is 0 Å². The first-order valence-electron chi connectivity index (χ1n) is 3.43. The maximum absolute atomic E-state index is 10.6. The van der Waals surface area contributed by atoms with Crippen molar-refractivity contribution in [1.82, 2.24) is 5.48 Å². The Balaban J connectivity index is 3.61. The molecule has 78 valence electrons. The van der Waals surface area contributed by atoms with Crippen LogP contribution >= 0.6 is 0 Å². The summed E-state index contributed by atoms with van der Waals surface area (Å²) in [5, 5.41) is 0. The van der Waals surface area contributed by atoms with E-state index in [0.717, 1.165) is 13.2 Å². The molecule has 0 unspecified atom stereocenters. The van der Waals surface area contributed by atoms with Crippen molar-refractivity contribution in [3.05, 3.63) is 12.7 Å². The van der Waals surface area contributed by atoms with Gasteiger partial charge >= 0.3 is 18.0 Å². The highest BCUT2D eigenvalue weighted by molar-refractivity contribution is 5.82. The molecule has 0 aliphatic heterocycles. The van der Waals surface area contributed by atoms with Gasteiger partial charge in [0.15, 0.2) is 6.61 Å². The zero-order chi connectivity index (χ0) is 11.0. The van der Waals surface area contributed by atoms with E-state index in [-0.39, 0.29) is 0 Å². The molecule has 0 saturated carbocycles. The number of amides is 1. The predicted molar refractivity (Wildman–Crippen MR) is 42.8 cm³/mol. The SMILES string of the molecule is C=CC(=O)ONC(=O)OCC(=O)OC. The molecule has 7 nitrogen and oxygen atoms in total. The number of carbonyl (C=O) groups is 3. The van der Waals surface area contributed by atoms with Gasteiger partial charge in [0.05, 0.1) is 7.11 Å². The number of nitrogens with one attached hydrogen (secondary N) is 1. The molecule has 0 radical (unpaired) electrons. The van der Waals surface area contributed by atoms with E-state index in [4.69, 9.17) is 0 Å². The van der Waals surface area contributed by atoms with Gasteiger partial charge in [0.2, 0.25) is 0 Å². The lowest BCUT2D eigenvalue weighted by Crippen LogP contribution is -2.28. The highest BCUT2D eigenvalue weighted by atomic mass is 16.7. The van der Waals surface area contributed by atoms with Gasteiger partial charge in [0.25, 0.3) is 0 Å². The minimum Gasteiger partial charge on any atom is -0.466 e. The zero-order valence-corrected chi connectivity index (χ0v) is 7.44. The number of carbonyl (C=O) groups excluding carboxylic acids is 3. The maximum Gasteiger partial charge on any atom is 0.441 e. The summed E-state index contributed by atoms with van der Waals surface area (Å²) in [7, 11) is 1.14. The largest absolute Gasteiger partial charge is 0.466 e. The van der Waals surface area contributed by atoms with Crippen LogP contribution < -0.4 is 5.48 Å². The first-order chi connectivity index (χ1) is 6.60. The van der Waals surface area contributed by atoms with Crippen LogP contribution in [-0.4, -0.2) is 31.7 Å². The monoisotopic (exact) mass is 203 g/mol. The van der Waals surface area contributed by atoms with E-state index in [2.05, 4.69) is 20.9 Å². The van der Waals surface area contributed by atoms with Gasteiger partial charge in [-0.3, -0.25) is 0 Å². The van der Waals surface area contributed by atoms with E-state index in [1.54, 1.807) is 5.48 Å². The van der Waals surface area contributed by atoms with Gasteiger partial charge in [-0.2, -0.15) is 0 Å². The Labute approximate surface area is 79.6 Å². The van der Waals surface area contributed by atoms with Crippen molar-refractivity contribution < 1.29 is 28.7 Å². The molecule has 0 spiro atoms. The first kappa shape index (κ1) is 11.9. The molecule has 0 saturated heterocycles. The molecule has 0 aromatic rings. The summed E-state index contributed by atoms with van der Waals surface area (Å²) in [5.41, 5.74) is 1.62. The molecule has 0 bridgehead atoms. The summed E-state index contributed by atoms with van der Waals surface area (Å²) in [6, 6.07) is 0. The Morgan fingerprint density at radius 3 is 2.57 bits per heavy atom. The van der Waals surface area contributed by atoms with Crippen LogP contribution in [0.25, 0.3) is 0 Å². The fraction of sp³-hybridized carbons (Fsp3) is 0.286. The van der Waals surface area contributed by atoms with Gasteiger partial charge in [0, 0.05) is 6.08 Å². The van der Waals surface area contributed by atoms with Crippen molar-refractivity contribution in [3.8, 4) is 0 Å². The van der Waals surface area contributed by atoms with Crippen molar-refractivity contribution >= 4 is 18.0 Å². The molecular weight excluding hydrogens is 194 g/mol. The number of hydroxylamine groups is 1. The Hall–Kier alpha value is -2.05. The van der Waals surface area contributed by atoms with Gasteiger partial charge in [0.1, 0.15) is 0 Å². The average molecular weight is 203 g/mol. The minimum absolute atomic E-state index is 0.562. The van der Waals surface area contributed by atoms with E-state index >= 15 is 0 Å². The quantitative estimate of drug-likeness (QED) is 0.288. The first-order valence-corrected chi connectivity index (χ1v) is 3.43. The van der Waals surface area contributed by atoms with Gasteiger partial charge in [-0.1, -0.05) is 6.58 Å². The number of esters is 1. The van der Waals surface area contributed by atoms with Crippen molar-refractivity contribution in [1.29, 1.82) is 0 Å². The Bertz CT molecular complexity index is 249. The molecule has 0 atom stereocenters. The third kappa shape index (κ3) is 5.58. The molecule has 1 amide bonds. The lowest BCUT2D eigenvalue weighted by molar-refractivity contribution is -0.146. The van der Waals surface area contributed by atoms with Crippen LogP contribution in [0.2, 0.25) is 0 Å². The summed E-state index contributed by atoms with van der Waals surface area (Å²) in [6.45, 7) is 2.52. The fourth-order valence-electron chi connectivity index (χ4n) is 0.346. The van der Waals surface area contributed by atoms with Crippen LogP contribution in [0.5, 0.6) is 0 Å². The van der Waals surface area contributed by atoms with Crippen LogP contribution in [-0.2, 0) is 23.9 Å². The van der Waals surface area contributed by atoms with E-state index in [9.17, 15) is 14.4 Å². The minimum atomic E-state index is -1.08. The average Bonchev–Trinajstić information content (AvgIpc) is 2.22. The number of methoxy groups -OCH3 is 1. The highest BCUT2D eigenvalue weighted by Gasteiger charge is 2.07. The molecule has 7 heteroatoms. The Morgan fingerprint density at radius 1 is 1.43 bits per heavy atom. The highest BCUT2D eigenvalue weighted by Crippen LogP contribution is 1.82. The second kappa shape index (κ2) is 6.46. The van der Waals surface area contributed by atoms with Crippen molar-refractivity contribution in [2.24, 2.45) is 0 Å². The molecule has 0 aliphatic carbocycles. The molecule has 1 N–H and O–H groups in total. The lowest BCUT2D eigenvalue weighted by Gasteiger charge is -2.03. The molecular formula is C7H9NO6. The fourth-order valence-corrected chi connectivity index (χ4v) is 0.346. The Kier molecular flexibility index (Phi) is 5.52. The maximum atomic E-state index is 10.6. The van der Waals surface area contributed by atoms with E-state index in [1.807, 2.05) is 0 Å². The normalized spacial score (nSPS) is 8.36. The predicted octanol–water partition coefficient (Wildman–Crippen LogP) is -0.470. The third-order valence-corrected chi connectivity index (χ3v) is 0.950. The van der Waals surface area contributed by atoms with Gasteiger partial charge in [-0.05, 0) is 0 Å². The van der Waals surface area contributed by atoms with Crippen LogP contribution in [0.1, 0.15) is 0 Å². The molecule has 0 aliphatic rings. The number of rotatable bonds is 3. The third-order valence-electron chi connectivity index (χ3n) is 0.950. The second-order valence-corrected chi connectivity index (χ2v) is 1.88. The van der Waals surface area contributed by atoms with Crippen molar-refractivity contribution in [2.45, 2.75) is 0 Å². The summed E-state index contributed by atoms with van der Waals surface area (Å²) in [4.78, 5) is 35.6. The number of ether oxygens (including phenoxy) is 2. The molecule has 0 fully saturated rings. The van der Waals surface area contributed by atoms with Crippen molar-refractivity contribution in [2.75, 3.05) is 13.7 Å². The molecule has 14 heavy (non-hydrogen) atoms. The molecule has 0 heterocycles. The van der Waals surface area contributed by atoms with E-state index in [1.165, 1.54) is 0 Å². The second-order valence-electron chi connectivity index (χ2n) is 1.88. The summed E-state index contributed by atoms with van der Waals surface area (Å²) in [6.07, 6.45) is -0.230. The molecule has 0 aromatic carbocycles.